The minimum Gasteiger partial charge on any atom is -0.369 e. The Labute approximate surface area is 150 Å². The molecule has 0 aromatic heterocycles. The number of thioether (sulfide) groups is 2. The van der Waals surface area contributed by atoms with Crippen molar-refractivity contribution in [2.24, 2.45) is 5.73 Å². The van der Waals surface area contributed by atoms with Crippen molar-refractivity contribution in [1.29, 1.82) is 0 Å². The van der Waals surface area contributed by atoms with Gasteiger partial charge in [-0.2, -0.15) is 0 Å². The Hall–Kier alpha value is -1.92. The van der Waals surface area contributed by atoms with E-state index < -0.39 is 0 Å². The first-order valence-corrected chi connectivity index (χ1v) is 9.43. The normalized spacial score (nSPS) is 10.4. The molecule has 0 fully saturated rings. The van der Waals surface area contributed by atoms with E-state index in [2.05, 4.69) is 23.5 Å². The van der Waals surface area contributed by atoms with Gasteiger partial charge in [-0.15, -0.1) is 23.5 Å². The number of aryl methyl sites for hydroxylation is 2. The van der Waals surface area contributed by atoms with Crippen molar-refractivity contribution in [1.82, 2.24) is 0 Å². The van der Waals surface area contributed by atoms with E-state index in [0.717, 1.165) is 15.4 Å². The Morgan fingerprint density at radius 3 is 2.46 bits per heavy atom. The molecule has 2 amide bonds. The van der Waals surface area contributed by atoms with Crippen LogP contribution in [0.15, 0.2) is 52.3 Å². The molecule has 2 rings (SSSR count). The van der Waals surface area contributed by atoms with Crippen LogP contribution in [-0.2, 0) is 9.59 Å². The Bertz CT molecular complexity index is 748. The molecule has 24 heavy (non-hydrogen) atoms. The lowest BCUT2D eigenvalue weighted by atomic mass is 10.2. The Morgan fingerprint density at radius 2 is 1.71 bits per heavy atom. The zero-order valence-corrected chi connectivity index (χ0v) is 15.3. The molecule has 3 N–H and O–H groups in total. The average molecular weight is 361 g/mol. The standard InChI is InChI=1S/C18H20N2O2S2/c1-12-7-8-13(2)16(9-12)24-11-18(22)20-14-5-3-4-6-15(14)23-10-17(19)21/h3-9H,10-11H2,1-2H3,(H2,19,21)(H,20,22). The molecule has 4 nitrogen and oxygen atoms in total. The fraction of sp³-hybridized carbons (Fsp3) is 0.222. The van der Waals surface area contributed by atoms with Gasteiger partial charge in [-0.05, 0) is 37.6 Å². The molecular weight excluding hydrogens is 340 g/mol. The molecule has 0 spiro atoms. The number of hydrogen-bond donors (Lipinski definition) is 2. The molecule has 0 bridgehead atoms. The highest BCUT2D eigenvalue weighted by molar-refractivity contribution is 8.00. The number of amides is 2. The summed E-state index contributed by atoms with van der Waals surface area (Å²) in [5.74, 6) is 0.0584. The molecule has 6 heteroatoms. The fourth-order valence-electron chi connectivity index (χ4n) is 2.04. The molecule has 126 valence electrons. The maximum absolute atomic E-state index is 12.2. The van der Waals surface area contributed by atoms with Gasteiger partial charge in [0.05, 0.1) is 17.2 Å². The van der Waals surface area contributed by atoms with Crippen LogP contribution in [0.3, 0.4) is 0 Å². The zero-order chi connectivity index (χ0) is 17.5. The second kappa shape index (κ2) is 8.80. The van der Waals surface area contributed by atoms with Crippen molar-refractivity contribution in [3.63, 3.8) is 0 Å². The lowest BCUT2D eigenvalue weighted by Crippen LogP contribution is -2.16. The van der Waals surface area contributed by atoms with Gasteiger partial charge in [0.1, 0.15) is 0 Å². The highest BCUT2D eigenvalue weighted by Crippen LogP contribution is 2.28. The first-order chi connectivity index (χ1) is 11.5. The molecule has 0 atom stereocenters. The van der Waals surface area contributed by atoms with Gasteiger partial charge in [-0.25, -0.2) is 0 Å². The highest BCUT2D eigenvalue weighted by atomic mass is 32.2. The van der Waals surface area contributed by atoms with E-state index in [-0.39, 0.29) is 17.6 Å². The van der Waals surface area contributed by atoms with Crippen LogP contribution in [0.2, 0.25) is 0 Å². The smallest absolute Gasteiger partial charge is 0.234 e. The SMILES string of the molecule is Cc1ccc(C)c(SCC(=O)Nc2ccccc2SCC(N)=O)c1. The predicted molar refractivity (Wildman–Crippen MR) is 102 cm³/mol. The van der Waals surface area contributed by atoms with E-state index in [0.29, 0.717) is 11.4 Å². The monoisotopic (exact) mass is 360 g/mol. The van der Waals surface area contributed by atoms with E-state index in [1.54, 1.807) is 0 Å². The van der Waals surface area contributed by atoms with Crippen molar-refractivity contribution < 1.29 is 9.59 Å². The Morgan fingerprint density at radius 1 is 1.00 bits per heavy atom. The quantitative estimate of drug-likeness (QED) is 0.740. The number of benzene rings is 2. The summed E-state index contributed by atoms with van der Waals surface area (Å²) < 4.78 is 0. The number of anilines is 1. The fourth-order valence-corrected chi connectivity index (χ4v) is 3.71. The molecule has 2 aromatic carbocycles. The van der Waals surface area contributed by atoms with Gasteiger partial charge in [0, 0.05) is 9.79 Å². The number of rotatable bonds is 7. The second-order valence-corrected chi connectivity index (χ2v) is 7.39. The zero-order valence-electron chi connectivity index (χ0n) is 13.7. The van der Waals surface area contributed by atoms with E-state index >= 15 is 0 Å². The lowest BCUT2D eigenvalue weighted by molar-refractivity contribution is -0.115. The minimum atomic E-state index is -0.383. The van der Waals surface area contributed by atoms with Crippen LogP contribution in [0.4, 0.5) is 5.69 Å². The average Bonchev–Trinajstić information content (AvgIpc) is 2.55. The van der Waals surface area contributed by atoms with Gasteiger partial charge in [-0.1, -0.05) is 29.8 Å². The topological polar surface area (TPSA) is 72.2 Å². The number of nitrogens with two attached hydrogens (primary N) is 1. The van der Waals surface area contributed by atoms with E-state index in [9.17, 15) is 9.59 Å². The molecule has 0 heterocycles. The van der Waals surface area contributed by atoms with Crippen molar-refractivity contribution >= 4 is 41.0 Å². The van der Waals surface area contributed by atoms with Gasteiger partial charge in [0.25, 0.3) is 0 Å². The summed E-state index contributed by atoms with van der Waals surface area (Å²) in [5.41, 5.74) is 8.22. The maximum atomic E-state index is 12.2. The second-order valence-electron chi connectivity index (χ2n) is 5.36. The third-order valence-electron chi connectivity index (χ3n) is 3.23. The van der Waals surface area contributed by atoms with Crippen LogP contribution in [0, 0.1) is 13.8 Å². The Balaban J connectivity index is 1.97. The van der Waals surface area contributed by atoms with Crippen molar-refractivity contribution in [3.8, 4) is 0 Å². The largest absolute Gasteiger partial charge is 0.369 e. The molecule has 2 aromatic rings. The first kappa shape index (κ1) is 18.4. The van der Waals surface area contributed by atoms with Crippen LogP contribution < -0.4 is 11.1 Å². The van der Waals surface area contributed by atoms with Gasteiger partial charge in [0.2, 0.25) is 11.8 Å². The van der Waals surface area contributed by atoms with Crippen LogP contribution in [0.1, 0.15) is 11.1 Å². The van der Waals surface area contributed by atoms with Crippen molar-refractivity contribution in [3.05, 3.63) is 53.6 Å². The molecule has 0 unspecified atom stereocenters. The molecular formula is C18H20N2O2S2. The number of nitrogens with one attached hydrogen (secondary N) is 1. The predicted octanol–water partition coefficient (Wildman–Crippen LogP) is 3.61. The van der Waals surface area contributed by atoms with Crippen LogP contribution in [-0.4, -0.2) is 23.3 Å². The summed E-state index contributed by atoms with van der Waals surface area (Å²) in [7, 11) is 0. The molecule has 0 saturated carbocycles. The van der Waals surface area contributed by atoms with Gasteiger partial charge >= 0.3 is 0 Å². The van der Waals surface area contributed by atoms with E-state index in [1.165, 1.54) is 29.1 Å². The Kier molecular flexibility index (Phi) is 6.75. The number of hydrogen-bond acceptors (Lipinski definition) is 4. The summed E-state index contributed by atoms with van der Waals surface area (Å²) in [5, 5.41) is 2.91. The third kappa shape index (κ3) is 5.62. The van der Waals surface area contributed by atoms with Gasteiger partial charge in [0.15, 0.2) is 0 Å². The lowest BCUT2D eigenvalue weighted by Gasteiger charge is -2.11. The highest BCUT2D eigenvalue weighted by Gasteiger charge is 2.09. The minimum absolute atomic E-state index is 0.0759. The van der Waals surface area contributed by atoms with Crippen molar-refractivity contribution in [2.45, 2.75) is 23.6 Å². The number of para-hydroxylation sites is 1. The van der Waals surface area contributed by atoms with Crippen LogP contribution in [0.5, 0.6) is 0 Å². The van der Waals surface area contributed by atoms with Crippen LogP contribution >= 0.6 is 23.5 Å². The molecule has 0 saturated heterocycles. The van der Waals surface area contributed by atoms with E-state index in [4.69, 9.17) is 5.73 Å². The molecule has 0 aliphatic heterocycles. The summed E-state index contributed by atoms with van der Waals surface area (Å²) in [4.78, 5) is 25.1. The number of carbonyl (C=O) groups is 2. The summed E-state index contributed by atoms with van der Waals surface area (Å²) in [6.07, 6.45) is 0. The third-order valence-corrected chi connectivity index (χ3v) is 5.49. The van der Waals surface area contributed by atoms with E-state index in [1.807, 2.05) is 38.1 Å². The van der Waals surface area contributed by atoms with Crippen molar-refractivity contribution in [2.75, 3.05) is 16.8 Å². The summed E-state index contributed by atoms with van der Waals surface area (Å²) in [6.45, 7) is 4.07. The molecule has 0 aliphatic rings. The van der Waals surface area contributed by atoms with Gasteiger partial charge in [-0.3, -0.25) is 9.59 Å². The molecule has 0 aliphatic carbocycles. The summed E-state index contributed by atoms with van der Waals surface area (Å²) >= 11 is 2.84. The number of primary amides is 1. The molecule has 0 radical (unpaired) electrons. The maximum Gasteiger partial charge on any atom is 0.234 e. The van der Waals surface area contributed by atoms with Crippen LogP contribution in [0.25, 0.3) is 0 Å². The number of carbonyl (C=O) groups excluding carboxylic acids is 2. The summed E-state index contributed by atoms with van der Waals surface area (Å²) in [6, 6.07) is 13.6. The first-order valence-electron chi connectivity index (χ1n) is 7.46. The van der Waals surface area contributed by atoms with Gasteiger partial charge < -0.3 is 11.1 Å².